The van der Waals surface area contributed by atoms with Crippen LogP contribution in [0.5, 0.6) is 0 Å². The van der Waals surface area contributed by atoms with Gasteiger partial charge < -0.3 is 15.7 Å². The molecule has 156 valence electrons. The Morgan fingerprint density at radius 2 is 1.93 bits per heavy atom. The SMILES string of the molecule is CC(C)c1cnn2c(NCc3ccc(-c4cccs4)cc3)nc(NCCCO)nc12. The minimum atomic E-state index is 0.131. The fourth-order valence-corrected chi connectivity index (χ4v) is 3.92. The summed E-state index contributed by atoms with van der Waals surface area (Å²) in [7, 11) is 0. The van der Waals surface area contributed by atoms with Gasteiger partial charge in [-0.05, 0) is 34.9 Å². The molecule has 8 heteroatoms. The normalized spacial score (nSPS) is 11.3. The third kappa shape index (κ3) is 4.44. The number of anilines is 2. The van der Waals surface area contributed by atoms with Gasteiger partial charge in [-0.15, -0.1) is 11.3 Å². The fourth-order valence-electron chi connectivity index (χ4n) is 3.19. The molecule has 1 aromatic carbocycles. The molecule has 0 amide bonds. The van der Waals surface area contributed by atoms with E-state index in [1.807, 2.05) is 6.20 Å². The van der Waals surface area contributed by atoms with Gasteiger partial charge in [-0.1, -0.05) is 44.2 Å². The second kappa shape index (κ2) is 9.23. The molecule has 4 rings (SSSR count). The monoisotopic (exact) mass is 422 g/mol. The van der Waals surface area contributed by atoms with Crippen LogP contribution in [0, 0.1) is 0 Å². The summed E-state index contributed by atoms with van der Waals surface area (Å²) in [6, 6.07) is 12.7. The first kappa shape index (κ1) is 20.3. The van der Waals surface area contributed by atoms with Gasteiger partial charge in [-0.2, -0.15) is 19.6 Å². The highest BCUT2D eigenvalue weighted by atomic mass is 32.1. The summed E-state index contributed by atoms with van der Waals surface area (Å²) >= 11 is 1.74. The largest absolute Gasteiger partial charge is 0.396 e. The molecule has 0 aliphatic rings. The summed E-state index contributed by atoms with van der Waals surface area (Å²) in [4.78, 5) is 10.5. The highest BCUT2D eigenvalue weighted by Gasteiger charge is 2.15. The second-order valence-electron chi connectivity index (χ2n) is 7.39. The molecule has 0 unspecified atom stereocenters. The quantitative estimate of drug-likeness (QED) is 0.347. The minimum absolute atomic E-state index is 0.131. The standard InChI is InChI=1S/C22H26N6OS/c1-15(2)18-14-25-28-20(18)26-21(23-10-4-11-29)27-22(28)24-13-16-6-8-17(9-7-16)19-5-3-12-30-19/h3,5-9,12,14-15,29H,4,10-11,13H2,1-2H3,(H2,23,24,26,27). The molecule has 0 saturated carbocycles. The number of thiophene rings is 1. The van der Waals surface area contributed by atoms with E-state index in [2.05, 4.69) is 81.3 Å². The van der Waals surface area contributed by atoms with Gasteiger partial charge in [0.2, 0.25) is 11.9 Å². The Morgan fingerprint density at radius 3 is 2.63 bits per heavy atom. The number of aliphatic hydroxyl groups is 1. The van der Waals surface area contributed by atoms with E-state index in [-0.39, 0.29) is 6.61 Å². The number of rotatable bonds is 9. The Morgan fingerprint density at radius 1 is 1.10 bits per heavy atom. The molecule has 0 fully saturated rings. The first-order chi connectivity index (χ1) is 14.7. The summed E-state index contributed by atoms with van der Waals surface area (Å²) < 4.78 is 1.76. The van der Waals surface area contributed by atoms with Crippen molar-refractivity contribution in [1.82, 2.24) is 19.6 Å². The van der Waals surface area contributed by atoms with Crippen molar-refractivity contribution < 1.29 is 5.11 Å². The average molecular weight is 423 g/mol. The predicted octanol–water partition coefficient (Wildman–Crippen LogP) is 4.38. The van der Waals surface area contributed by atoms with Crippen LogP contribution in [-0.4, -0.2) is 37.8 Å². The number of nitrogens with one attached hydrogen (secondary N) is 2. The van der Waals surface area contributed by atoms with Crippen LogP contribution in [0.15, 0.2) is 48.0 Å². The number of benzene rings is 1. The lowest BCUT2D eigenvalue weighted by Gasteiger charge is -2.12. The maximum Gasteiger partial charge on any atom is 0.229 e. The second-order valence-corrected chi connectivity index (χ2v) is 8.34. The van der Waals surface area contributed by atoms with E-state index in [1.165, 1.54) is 10.4 Å². The smallest absolute Gasteiger partial charge is 0.229 e. The summed E-state index contributed by atoms with van der Waals surface area (Å²) in [6.45, 7) is 5.62. The van der Waals surface area contributed by atoms with Crippen LogP contribution >= 0.6 is 11.3 Å². The molecule has 3 heterocycles. The molecule has 30 heavy (non-hydrogen) atoms. The Balaban J connectivity index is 1.56. The molecule has 7 nitrogen and oxygen atoms in total. The molecular formula is C22H26N6OS. The van der Waals surface area contributed by atoms with E-state index < -0.39 is 0 Å². The van der Waals surface area contributed by atoms with E-state index in [0.29, 0.717) is 37.3 Å². The van der Waals surface area contributed by atoms with Crippen LogP contribution < -0.4 is 10.6 Å². The molecule has 0 spiro atoms. The maximum atomic E-state index is 9.04. The number of hydrogen-bond donors (Lipinski definition) is 3. The summed E-state index contributed by atoms with van der Waals surface area (Å²) in [6.07, 6.45) is 2.50. The molecule has 3 N–H and O–H groups in total. The van der Waals surface area contributed by atoms with Crippen LogP contribution in [0.25, 0.3) is 16.1 Å². The lowest BCUT2D eigenvalue weighted by molar-refractivity contribution is 0.292. The van der Waals surface area contributed by atoms with Crippen LogP contribution in [-0.2, 0) is 6.54 Å². The van der Waals surface area contributed by atoms with E-state index in [4.69, 9.17) is 5.11 Å². The van der Waals surface area contributed by atoms with Crippen LogP contribution in [0.2, 0.25) is 0 Å². The Kier molecular flexibility index (Phi) is 6.25. The fraction of sp³-hybridized carbons (Fsp3) is 0.318. The van der Waals surface area contributed by atoms with Gasteiger partial charge in [0.1, 0.15) is 0 Å². The zero-order chi connectivity index (χ0) is 20.9. The highest BCUT2D eigenvalue weighted by molar-refractivity contribution is 7.13. The molecule has 4 aromatic rings. The van der Waals surface area contributed by atoms with Gasteiger partial charge in [0.05, 0.1) is 6.20 Å². The van der Waals surface area contributed by atoms with E-state index in [0.717, 1.165) is 16.8 Å². The first-order valence-electron chi connectivity index (χ1n) is 10.1. The zero-order valence-corrected chi connectivity index (χ0v) is 18.0. The molecule has 0 aliphatic heterocycles. The van der Waals surface area contributed by atoms with Crippen molar-refractivity contribution in [2.45, 2.75) is 32.7 Å². The molecule has 0 atom stereocenters. The van der Waals surface area contributed by atoms with Crippen LogP contribution in [0.4, 0.5) is 11.9 Å². The molecule has 0 radical (unpaired) electrons. The van der Waals surface area contributed by atoms with Crippen molar-refractivity contribution in [3.63, 3.8) is 0 Å². The third-order valence-corrected chi connectivity index (χ3v) is 5.76. The average Bonchev–Trinajstić information content (AvgIpc) is 3.43. The Bertz CT molecular complexity index is 1090. The molecule has 0 saturated heterocycles. The highest BCUT2D eigenvalue weighted by Crippen LogP contribution is 2.25. The van der Waals surface area contributed by atoms with Crippen molar-refractivity contribution in [1.29, 1.82) is 0 Å². The predicted molar refractivity (Wildman–Crippen MR) is 122 cm³/mol. The molecule has 3 aromatic heterocycles. The van der Waals surface area contributed by atoms with Gasteiger partial charge in [-0.25, -0.2) is 0 Å². The third-order valence-electron chi connectivity index (χ3n) is 4.85. The molecular weight excluding hydrogens is 396 g/mol. The van der Waals surface area contributed by atoms with Crippen molar-refractivity contribution in [3.8, 4) is 10.4 Å². The number of aliphatic hydroxyl groups excluding tert-OH is 1. The number of fused-ring (bicyclic) bond motifs is 1. The van der Waals surface area contributed by atoms with Gasteiger partial charge in [0.15, 0.2) is 5.65 Å². The number of nitrogens with zero attached hydrogens (tertiary/aromatic N) is 4. The lowest BCUT2D eigenvalue weighted by atomic mass is 10.1. The minimum Gasteiger partial charge on any atom is -0.396 e. The number of hydrogen-bond acceptors (Lipinski definition) is 7. The van der Waals surface area contributed by atoms with Gasteiger partial charge in [0, 0.05) is 30.1 Å². The van der Waals surface area contributed by atoms with Gasteiger partial charge in [-0.3, -0.25) is 0 Å². The summed E-state index contributed by atoms with van der Waals surface area (Å²) in [5.41, 5.74) is 4.25. The topological polar surface area (TPSA) is 87.4 Å². The summed E-state index contributed by atoms with van der Waals surface area (Å²) in [5.74, 6) is 1.48. The molecule has 0 aliphatic carbocycles. The van der Waals surface area contributed by atoms with Gasteiger partial charge in [0.25, 0.3) is 0 Å². The van der Waals surface area contributed by atoms with Gasteiger partial charge >= 0.3 is 0 Å². The van der Waals surface area contributed by atoms with Crippen molar-refractivity contribution in [3.05, 3.63) is 59.1 Å². The lowest BCUT2D eigenvalue weighted by Crippen LogP contribution is -2.13. The van der Waals surface area contributed by atoms with E-state index in [1.54, 1.807) is 15.9 Å². The molecule has 0 bridgehead atoms. The van der Waals surface area contributed by atoms with Crippen LogP contribution in [0.1, 0.15) is 37.3 Å². The maximum absolute atomic E-state index is 9.04. The zero-order valence-electron chi connectivity index (χ0n) is 17.2. The van der Waals surface area contributed by atoms with Crippen molar-refractivity contribution in [2.24, 2.45) is 0 Å². The number of aromatic nitrogens is 4. The Labute approximate surface area is 179 Å². The Hall–Kier alpha value is -2.97. The first-order valence-corrected chi connectivity index (χ1v) is 11.0. The van der Waals surface area contributed by atoms with Crippen molar-refractivity contribution >= 4 is 28.9 Å². The van der Waals surface area contributed by atoms with E-state index in [9.17, 15) is 0 Å². The van der Waals surface area contributed by atoms with Crippen molar-refractivity contribution in [2.75, 3.05) is 23.8 Å². The summed E-state index contributed by atoms with van der Waals surface area (Å²) in [5, 5.41) is 22.2. The van der Waals surface area contributed by atoms with Crippen LogP contribution in [0.3, 0.4) is 0 Å². The van der Waals surface area contributed by atoms with E-state index >= 15 is 0 Å².